The second-order valence-corrected chi connectivity index (χ2v) is 5.53. The number of piperidine rings is 1. The number of likely N-dealkylation sites (tertiary alicyclic amines) is 1. The van der Waals surface area contributed by atoms with Crippen LogP contribution >= 0.6 is 11.6 Å². The zero-order valence-electron chi connectivity index (χ0n) is 10.5. The fraction of sp³-hybridized carbons (Fsp3) is 0.667. The van der Waals surface area contributed by atoms with E-state index in [4.69, 9.17) is 11.6 Å². The molecule has 1 saturated heterocycles. The molecular formula is C12H18ClN3O. The maximum absolute atomic E-state index is 12.4. The van der Waals surface area contributed by atoms with Gasteiger partial charge in [0.2, 0.25) is 0 Å². The quantitative estimate of drug-likeness (QED) is 0.772. The molecule has 5 heteroatoms. The average molecular weight is 256 g/mol. The summed E-state index contributed by atoms with van der Waals surface area (Å²) in [6.45, 7) is 5.98. The third-order valence-corrected chi connectivity index (χ3v) is 3.53. The van der Waals surface area contributed by atoms with E-state index in [-0.39, 0.29) is 5.91 Å². The van der Waals surface area contributed by atoms with Gasteiger partial charge in [0, 0.05) is 20.1 Å². The molecule has 1 fully saturated rings. The molecule has 1 aliphatic rings. The topological polar surface area (TPSA) is 38.1 Å². The highest BCUT2D eigenvalue weighted by molar-refractivity contribution is 6.33. The van der Waals surface area contributed by atoms with Gasteiger partial charge >= 0.3 is 0 Å². The summed E-state index contributed by atoms with van der Waals surface area (Å²) in [6.07, 6.45) is 2.70. The highest BCUT2D eigenvalue weighted by Crippen LogP contribution is 2.24. The van der Waals surface area contributed by atoms with Gasteiger partial charge in [-0.15, -0.1) is 0 Å². The molecule has 1 aliphatic heterocycles. The number of amides is 1. The Morgan fingerprint density at radius 2 is 2.00 bits per heavy atom. The van der Waals surface area contributed by atoms with E-state index in [0.29, 0.717) is 22.6 Å². The molecule has 1 aromatic heterocycles. The van der Waals surface area contributed by atoms with Crippen molar-refractivity contribution in [3.63, 3.8) is 0 Å². The number of nitrogens with zero attached hydrogens (tertiary/aromatic N) is 3. The number of aromatic nitrogens is 2. The van der Waals surface area contributed by atoms with Crippen molar-refractivity contribution in [2.45, 2.75) is 20.3 Å². The van der Waals surface area contributed by atoms with Gasteiger partial charge in [-0.2, -0.15) is 5.10 Å². The van der Waals surface area contributed by atoms with Gasteiger partial charge < -0.3 is 4.90 Å². The molecule has 0 bridgehead atoms. The van der Waals surface area contributed by atoms with Gasteiger partial charge in [-0.05, 0) is 18.3 Å². The lowest BCUT2D eigenvalue weighted by Gasteiger charge is -2.35. The fourth-order valence-corrected chi connectivity index (χ4v) is 2.88. The standard InChI is InChI=1S/C12H18ClN3O/c1-8-4-9(2)7-16(6-8)12(17)11-10(13)5-14-15(11)3/h5,8-9H,4,6-7H2,1-3H3/t8-,9+. The summed E-state index contributed by atoms with van der Waals surface area (Å²) in [7, 11) is 1.75. The molecule has 17 heavy (non-hydrogen) atoms. The van der Waals surface area contributed by atoms with Gasteiger partial charge in [-0.3, -0.25) is 9.48 Å². The minimum absolute atomic E-state index is 0.00611. The lowest BCUT2D eigenvalue weighted by Crippen LogP contribution is -2.43. The van der Waals surface area contributed by atoms with E-state index in [1.54, 1.807) is 11.7 Å². The predicted octanol–water partition coefficient (Wildman–Crippen LogP) is 2.19. The predicted molar refractivity (Wildman–Crippen MR) is 67.1 cm³/mol. The van der Waals surface area contributed by atoms with Gasteiger partial charge in [0.15, 0.2) is 0 Å². The summed E-state index contributed by atoms with van der Waals surface area (Å²) in [5, 5.41) is 4.44. The Labute approximate surface area is 107 Å². The minimum Gasteiger partial charge on any atom is -0.337 e. The molecule has 0 aromatic carbocycles. The first-order valence-electron chi connectivity index (χ1n) is 5.95. The van der Waals surface area contributed by atoms with Gasteiger partial charge in [-0.1, -0.05) is 25.4 Å². The second-order valence-electron chi connectivity index (χ2n) is 5.12. The molecule has 0 N–H and O–H groups in total. The molecule has 1 aromatic rings. The normalized spacial score (nSPS) is 25.1. The van der Waals surface area contributed by atoms with Crippen molar-refractivity contribution in [2.24, 2.45) is 18.9 Å². The molecule has 0 saturated carbocycles. The first-order valence-corrected chi connectivity index (χ1v) is 6.33. The highest BCUT2D eigenvalue weighted by Gasteiger charge is 2.28. The number of carbonyl (C=O) groups excluding carboxylic acids is 1. The molecule has 2 atom stereocenters. The van der Waals surface area contributed by atoms with Crippen LogP contribution in [-0.4, -0.2) is 33.7 Å². The van der Waals surface area contributed by atoms with Crippen LogP contribution in [0, 0.1) is 11.8 Å². The smallest absolute Gasteiger partial charge is 0.273 e. The summed E-state index contributed by atoms with van der Waals surface area (Å²) in [4.78, 5) is 14.3. The Hall–Kier alpha value is -1.03. The first kappa shape index (κ1) is 12.4. The van der Waals surface area contributed by atoms with E-state index in [0.717, 1.165) is 13.1 Å². The van der Waals surface area contributed by atoms with Gasteiger partial charge in [0.1, 0.15) is 5.69 Å². The van der Waals surface area contributed by atoms with Crippen molar-refractivity contribution in [1.29, 1.82) is 0 Å². The molecule has 0 unspecified atom stereocenters. The third kappa shape index (κ3) is 2.46. The van der Waals surface area contributed by atoms with Crippen molar-refractivity contribution in [3.8, 4) is 0 Å². The van der Waals surface area contributed by atoms with Gasteiger partial charge in [-0.25, -0.2) is 0 Å². The van der Waals surface area contributed by atoms with Crippen LogP contribution in [0.15, 0.2) is 6.20 Å². The molecule has 0 radical (unpaired) electrons. The number of aryl methyl sites for hydroxylation is 1. The maximum Gasteiger partial charge on any atom is 0.273 e. The van der Waals surface area contributed by atoms with Crippen molar-refractivity contribution < 1.29 is 4.79 Å². The summed E-state index contributed by atoms with van der Waals surface area (Å²) < 4.78 is 1.55. The summed E-state index contributed by atoms with van der Waals surface area (Å²) in [6, 6.07) is 0. The van der Waals surface area contributed by atoms with E-state index in [2.05, 4.69) is 18.9 Å². The summed E-state index contributed by atoms with van der Waals surface area (Å²) in [5.74, 6) is 1.10. The number of hydrogen-bond acceptors (Lipinski definition) is 2. The lowest BCUT2D eigenvalue weighted by molar-refractivity contribution is 0.0612. The first-order chi connectivity index (χ1) is 7.99. The van der Waals surface area contributed by atoms with Crippen LogP contribution in [0.3, 0.4) is 0 Å². The van der Waals surface area contributed by atoms with Crippen LogP contribution in [0.5, 0.6) is 0 Å². The zero-order chi connectivity index (χ0) is 12.6. The minimum atomic E-state index is -0.00611. The van der Waals surface area contributed by atoms with Crippen LogP contribution in [-0.2, 0) is 7.05 Å². The Morgan fingerprint density at radius 3 is 2.47 bits per heavy atom. The average Bonchev–Trinajstić information content (AvgIpc) is 2.56. The van der Waals surface area contributed by atoms with Crippen LogP contribution < -0.4 is 0 Å². The summed E-state index contributed by atoms with van der Waals surface area (Å²) in [5.41, 5.74) is 0.493. The molecule has 2 rings (SSSR count). The third-order valence-electron chi connectivity index (χ3n) is 3.25. The molecular weight excluding hydrogens is 238 g/mol. The molecule has 94 valence electrons. The number of hydrogen-bond donors (Lipinski definition) is 0. The highest BCUT2D eigenvalue weighted by atomic mass is 35.5. The Kier molecular flexibility index (Phi) is 3.43. The second kappa shape index (κ2) is 4.69. The molecule has 2 heterocycles. The Bertz CT molecular complexity index is 400. The van der Waals surface area contributed by atoms with E-state index in [9.17, 15) is 4.79 Å². The van der Waals surface area contributed by atoms with Crippen LogP contribution in [0.4, 0.5) is 0 Å². The van der Waals surface area contributed by atoms with Crippen molar-refractivity contribution >= 4 is 17.5 Å². The number of rotatable bonds is 1. The zero-order valence-corrected chi connectivity index (χ0v) is 11.2. The van der Waals surface area contributed by atoms with Crippen molar-refractivity contribution in [1.82, 2.24) is 14.7 Å². The maximum atomic E-state index is 12.4. The SMILES string of the molecule is C[C@@H]1C[C@H](C)CN(C(=O)c2c(Cl)cnn2C)C1. The molecule has 0 aliphatic carbocycles. The van der Waals surface area contributed by atoms with Gasteiger partial charge in [0.25, 0.3) is 5.91 Å². The molecule has 0 spiro atoms. The van der Waals surface area contributed by atoms with E-state index < -0.39 is 0 Å². The van der Waals surface area contributed by atoms with E-state index in [1.165, 1.54) is 12.6 Å². The largest absolute Gasteiger partial charge is 0.337 e. The number of carbonyl (C=O) groups is 1. The monoisotopic (exact) mass is 255 g/mol. The van der Waals surface area contributed by atoms with Crippen molar-refractivity contribution in [2.75, 3.05) is 13.1 Å². The Balaban J connectivity index is 2.20. The van der Waals surface area contributed by atoms with Gasteiger partial charge in [0.05, 0.1) is 11.2 Å². The van der Waals surface area contributed by atoms with E-state index in [1.807, 2.05) is 4.90 Å². The van der Waals surface area contributed by atoms with E-state index >= 15 is 0 Å². The fourth-order valence-electron chi connectivity index (χ4n) is 2.63. The summed E-state index contributed by atoms with van der Waals surface area (Å²) >= 11 is 6.00. The molecule has 1 amide bonds. The van der Waals surface area contributed by atoms with Crippen molar-refractivity contribution in [3.05, 3.63) is 16.9 Å². The lowest BCUT2D eigenvalue weighted by atomic mass is 9.92. The Morgan fingerprint density at radius 1 is 1.41 bits per heavy atom. The number of halogens is 1. The van der Waals surface area contributed by atoms with Crippen LogP contribution in [0.1, 0.15) is 30.8 Å². The van der Waals surface area contributed by atoms with Crippen LogP contribution in [0.2, 0.25) is 5.02 Å². The molecule has 4 nitrogen and oxygen atoms in total. The van der Waals surface area contributed by atoms with Crippen LogP contribution in [0.25, 0.3) is 0 Å².